The maximum atomic E-state index is 12.9. The number of thiophene rings is 1. The molecule has 9 heteroatoms. The first kappa shape index (κ1) is 21.9. The fourth-order valence-electron chi connectivity index (χ4n) is 3.22. The second-order valence-electron chi connectivity index (χ2n) is 6.56. The first-order valence-electron chi connectivity index (χ1n) is 8.20. The van der Waals surface area contributed by atoms with Crippen molar-refractivity contribution in [1.29, 1.82) is 0 Å². The number of benzene rings is 1. The molecule has 1 fully saturated rings. The number of nitrogens with two attached hydrogens (primary N) is 1. The molecule has 1 saturated heterocycles. The zero-order valence-electron chi connectivity index (χ0n) is 15.0. The third-order valence-electron chi connectivity index (χ3n) is 4.55. The highest BCUT2D eigenvalue weighted by molar-refractivity contribution is 7.29. The van der Waals surface area contributed by atoms with Crippen LogP contribution in [0, 0.1) is 0 Å². The number of halogens is 2. The van der Waals surface area contributed by atoms with E-state index in [-0.39, 0.29) is 42.7 Å². The van der Waals surface area contributed by atoms with Crippen molar-refractivity contribution in [3.05, 3.63) is 46.8 Å². The van der Waals surface area contributed by atoms with Gasteiger partial charge in [0.2, 0.25) is 0 Å². The molecular weight excluding hydrogens is 423 g/mol. The van der Waals surface area contributed by atoms with E-state index < -0.39 is 0 Å². The number of aromatic nitrogens is 1. The zero-order valence-corrected chi connectivity index (χ0v) is 18.3. The maximum Gasteiger partial charge on any atom is 0.264 e. The number of amides is 1. The number of rotatable bonds is 3. The lowest BCUT2D eigenvalue weighted by Crippen LogP contribution is -2.31. The molecule has 146 valence electrons. The van der Waals surface area contributed by atoms with Crippen molar-refractivity contribution >= 4 is 68.1 Å². The highest BCUT2D eigenvalue weighted by atomic mass is 35.5. The molecule has 2 N–H and O–H groups in total. The molecule has 0 spiro atoms. The predicted octanol–water partition coefficient (Wildman–Crippen LogP) is 3.83. The molecule has 3 heterocycles. The largest absolute Gasteiger partial charge is 0.354 e. The molecule has 4 rings (SSSR count). The van der Waals surface area contributed by atoms with E-state index in [9.17, 15) is 4.79 Å². The van der Waals surface area contributed by atoms with Gasteiger partial charge in [0.15, 0.2) is 5.13 Å². The first-order chi connectivity index (χ1) is 12.0. The summed E-state index contributed by atoms with van der Waals surface area (Å²) in [6.07, 6.45) is 0. The van der Waals surface area contributed by atoms with Crippen LogP contribution in [0.2, 0.25) is 0 Å². The first-order valence-corrected chi connectivity index (χ1v) is 9.83. The van der Waals surface area contributed by atoms with Gasteiger partial charge in [-0.3, -0.25) is 4.79 Å². The molecule has 0 radical (unpaired) electrons. The standard InChI is InChI=1S/C18H20N4OS2.2ClH/c1-21(2)18-20-16-14(25-18)8-15(24-16)17(23)22-9-12(13(19)10-22)11-6-4-3-5-7-11;;/h3-8,12-13H,9-10,19H2,1-2H3;2*1H/t12-,13+;;/m0../s1. The summed E-state index contributed by atoms with van der Waals surface area (Å²) in [4.78, 5) is 23.0. The Bertz CT molecular complexity index is 881. The van der Waals surface area contributed by atoms with Crippen molar-refractivity contribution in [2.24, 2.45) is 5.73 Å². The second-order valence-corrected chi connectivity index (χ2v) is 8.60. The summed E-state index contributed by atoms with van der Waals surface area (Å²) in [7, 11) is 3.95. The van der Waals surface area contributed by atoms with Crippen LogP contribution in [0.15, 0.2) is 36.4 Å². The molecule has 1 amide bonds. The smallest absolute Gasteiger partial charge is 0.264 e. The van der Waals surface area contributed by atoms with Crippen molar-refractivity contribution in [3.8, 4) is 0 Å². The summed E-state index contributed by atoms with van der Waals surface area (Å²) >= 11 is 3.08. The van der Waals surface area contributed by atoms with Crippen molar-refractivity contribution in [2.75, 3.05) is 32.1 Å². The number of likely N-dealkylation sites (tertiary alicyclic amines) is 1. The number of hydrogen-bond donors (Lipinski definition) is 1. The average Bonchev–Trinajstić information content (AvgIpc) is 3.27. The quantitative estimate of drug-likeness (QED) is 0.666. The third-order valence-corrected chi connectivity index (χ3v) is 6.87. The molecule has 2 aromatic heterocycles. The average molecular weight is 445 g/mol. The molecule has 2 atom stereocenters. The van der Waals surface area contributed by atoms with Gasteiger partial charge in [-0.1, -0.05) is 41.7 Å². The molecule has 27 heavy (non-hydrogen) atoms. The highest BCUT2D eigenvalue weighted by Gasteiger charge is 2.34. The number of hydrogen-bond acceptors (Lipinski definition) is 6. The topological polar surface area (TPSA) is 62.5 Å². The third kappa shape index (κ3) is 4.22. The Morgan fingerprint density at radius 1 is 1.19 bits per heavy atom. The Morgan fingerprint density at radius 3 is 2.52 bits per heavy atom. The van der Waals surface area contributed by atoms with Crippen LogP contribution in [0.5, 0.6) is 0 Å². The van der Waals surface area contributed by atoms with E-state index in [1.165, 1.54) is 16.9 Å². The van der Waals surface area contributed by atoms with Gasteiger partial charge in [-0.15, -0.1) is 36.2 Å². The van der Waals surface area contributed by atoms with Gasteiger partial charge < -0.3 is 15.5 Å². The van der Waals surface area contributed by atoms with Gasteiger partial charge in [0, 0.05) is 39.1 Å². The Labute approximate surface area is 179 Å². The van der Waals surface area contributed by atoms with Crippen molar-refractivity contribution in [2.45, 2.75) is 12.0 Å². The van der Waals surface area contributed by atoms with Crippen LogP contribution in [-0.4, -0.2) is 49.0 Å². The van der Waals surface area contributed by atoms with Crippen LogP contribution in [0.4, 0.5) is 5.13 Å². The fraction of sp³-hybridized carbons (Fsp3) is 0.333. The number of anilines is 1. The molecule has 0 unspecified atom stereocenters. The van der Waals surface area contributed by atoms with Crippen molar-refractivity contribution < 1.29 is 4.79 Å². The van der Waals surface area contributed by atoms with Crippen LogP contribution < -0.4 is 10.6 Å². The molecule has 1 aromatic carbocycles. The van der Waals surface area contributed by atoms with Crippen molar-refractivity contribution in [3.63, 3.8) is 0 Å². The van der Waals surface area contributed by atoms with Crippen LogP contribution >= 0.6 is 47.5 Å². The molecule has 0 saturated carbocycles. The maximum absolute atomic E-state index is 12.9. The molecular formula is C18H22Cl2N4OS2. The molecule has 1 aliphatic rings. The number of fused-ring (bicyclic) bond motifs is 1. The Morgan fingerprint density at radius 2 is 1.89 bits per heavy atom. The summed E-state index contributed by atoms with van der Waals surface area (Å²) in [6.45, 7) is 1.27. The molecule has 0 aliphatic carbocycles. The van der Waals surface area contributed by atoms with Gasteiger partial charge in [-0.05, 0) is 11.6 Å². The molecule has 5 nitrogen and oxygen atoms in total. The minimum absolute atomic E-state index is 0. The van der Waals surface area contributed by atoms with Gasteiger partial charge in [0.25, 0.3) is 5.91 Å². The minimum Gasteiger partial charge on any atom is -0.354 e. The lowest BCUT2D eigenvalue weighted by molar-refractivity contribution is 0.0794. The summed E-state index contributed by atoms with van der Waals surface area (Å²) in [5.74, 6) is 0.264. The van der Waals surface area contributed by atoms with Gasteiger partial charge in [-0.2, -0.15) is 0 Å². The number of carbonyl (C=O) groups excluding carboxylic acids is 1. The number of nitrogens with zero attached hydrogens (tertiary/aromatic N) is 3. The van der Waals surface area contributed by atoms with Gasteiger partial charge in [0.05, 0.1) is 9.58 Å². The lowest BCUT2D eigenvalue weighted by Gasteiger charge is -2.15. The normalized spacial score (nSPS) is 18.9. The van der Waals surface area contributed by atoms with E-state index in [0.717, 1.165) is 19.5 Å². The zero-order chi connectivity index (χ0) is 17.6. The van der Waals surface area contributed by atoms with Crippen LogP contribution in [0.1, 0.15) is 21.2 Å². The Hall–Kier alpha value is -1.38. The van der Waals surface area contributed by atoms with E-state index in [0.29, 0.717) is 13.1 Å². The van der Waals surface area contributed by atoms with E-state index in [1.807, 2.05) is 48.2 Å². The summed E-state index contributed by atoms with van der Waals surface area (Å²) in [5, 5.41) is 0.965. The monoisotopic (exact) mass is 444 g/mol. The van der Waals surface area contributed by atoms with Gasteiger partial charge in [0.1, 0.15) is 4.83 Å². The lowest BCUT2D eigenvalue weighted by atomic mass is 9.95. The minimum atomic E-state index is -0.0223. The van der Waals surface area contributed by atoms with Crippen LogP contribution in [0.3, 0.4) is 0 Å². The van der Waals surface area contributed by atoms with E-state index >= 15 is 0 Å². The molecule has 0 bridgehead atoms. The predicted molar refractivity (Wildman–Crippen MR) is 119 cm³/mol. The Kier molecular flexibility index (Phi) is 7.10. The van der Waals surface area contributed by atoms with Gasteiger partial charge in [-0.25, -0.2) is 4.98 Å². The van der Waals surface area contributed by atoms with Crippen molar-refractivity contribution in [1.82, 2.24) is 9.88 Å². The summed E-state index contributed by atoms with van der Waals surface area (Å²) in [5.41, 5.74) is 7.52. The molecule has 1 aliphatic heterocycles. The second kappa shape index (κ2) is 8.75. The van der Waals surface area contributed by atoms with E-state index in [4.69, 9.17) is 5.73 Å². The number of thiazole rings is 1. The van der Waals surface area contributed by atoms with E-state index in [1.54, 1.807) is 11.3 Å². The highest BCUT2D eigenvalue weighted by Crippen LogP contribution is 2.35. The Balaban J connectivity index is 0.00000131. The fourth-order valence-corrected chi connectivity index (χ4v) is 5.33. The van der Waals surface area contributed by atoms with Gasteiger partial charge >= 0.3 is 0 Å². The molecule has 3 aromatic rings. The van der Waals surface area contributed by atoms with Crippen LogP contribution in [0.25, 0.3) is 9.53 Å². The van der Waals surface area contributed by atoms with Crippen LogP contribution in [-0.2, 0) is 0 Å². The summed E-state index contributed by atoms with van der Waals surface area (Å²) in [6, 6.07) is 12.2. The van der Waals surface area contributed by atoms with E-state index in [2.05, 4.69) is 17.1 Å². The number of carbonyl (C=O) groups is 1. The SMILES string of the molecule is CN(C)c1nc2sc(C(=O)N3C[C@@H](N)[C@H](c4ccccc4)C3)cc2s1.Cl.Cl. The summed E-state index contributed by atoms with van der Waals surface area (Å²) < 4.78 is 1.07.